The van der Waals surface area contributed by atoms with Gasteiger partial charge < -0.3 is 9.47 Å². The second-order valence-corrected chi connectivity index (χ2v) is 9.47. The second-order valence-electron chi connectivity index (χ2n) is 7.46. The molecular formula is C16H31O7P. The third kappa shape index (κ3) is 10.1. The van der Waals surface area contributed by atoms with Crippen LogP contribution in [0.15, 0.2) is 0 Å². The van der Waals surface area contributed by atoms with E-state index in [4.69, 9.17) is 18.5 Å². The van der Waals surface area contributed by atoms with Gasteiger partial charge in [-0.3, -0.25) is 23.2 Å². The molecule has 142 valence electrons. The van der Waals surface area contributed by atoms with Gasteiger partial charge in [0.2, 0.25) is 13.1 Å². The molecule has 0 saturated carbocycles. The molecule has 0 heterocycles. The monoisotopic (exact) mass is 366 g/mol. The van der Waals surface area contributed by atoms with E-state index in [9.17, 15) is 14.2 Å². The summed E-state index contributed by atoms with van der Waals surface area (Å²) in [5.41, 5.74) is -0.362. The van der Waals surface area contributed by atoms with E-state index >= 15 is 0 Å². The van der Waals surface area contributed by atoms with Gasteiger partial charge >= 0.3 is 19.5 Å². The fourth-order valence-corrected chi connectivity index (χ4v) is 3.67. The quantitative estimate of drug-likeness (QED) is 0.347. The van der Waals surface area contributed by atoms with Crippen LogP contribution in [-0.2, 0) is 32.7 Å². The van der Waals surface area contributed by atoms with E-state index in [0.717, 1.165) is 0 Å². The van der Waals surface area contributed by atoms with Gasteiger partial charge in [-0.25, -0.2) is 0 Å². The van der Waals surface area contributed by atoms with E-state index in [1.165, 1.54) is 6.92 Å². The Morgan fingerprint density at radius 1 is 0.958 bits per heavy atom. The van der Waals surface area contributed by atoms with Crippen LogP contribution in [0.5, 0.6) is 0 Å². The van der Waals surface area contributed by atoms with Crippen molar-refractivity contribution >= 4 is 19.5 Å². The zero-order chi connectivity index (χ0) is 19.1. The van der Waals surface area contributed by atoms with Crippen molar-refractivity contribution in [1.29, 1.82) is 0 Å². The van der Waals surface area contributed by atoms with Crippen LogP contribution in [0, 0.1) is 17.3 Å². The molecule has 0 aromatic carbocycles. The summed E-state index contributed by atoms with van der Waals surface area (Å²) in [6, 6.07) is 0. The first-order valence-electron chi connectivity index (χ1n) is 8.05. The van der Waals surface area contributed by atoms with Crippen molar-refractivity contribution in [2.75, 3.05) is 13.0 Å². The lowest BCUT2D eigenvalue weighted by molar-refractivity contribution is -0.166. The maximum Gasteiger partial charge on any atom is 0.337 e. The van der Waals surface area contributed by atoms with E-state index in [1.54, 1.807) is 27.7 Å². The van der Waals surface area contributed by atoms with Crippen LogP contribution in [-0.4, -0.2) is 31.2 Å². The maximum absolute atomic E-state index is 12.9. The third-order valence-electron chi connectivity index (χ3n) is 2.65. The molecule has 0 N–H and O–H groups in total. The highest BCUT2D eigenvalue weighted by Crippen LogP contribution is 2.53. The smallest absolute Gasteiger partial charge is 0.337 e. The molecule has 0 rings (SSSR count). The molecule has 0 fully saturated rings. The number of carbonyl (C=O) groups excluding carboxylic acids is 2. The lowest BCUT2D eigenvalue weighted by atomic mass is 10.0. The highest BCUT2D eigenvalue weighted by molar-refractivity contribution is 7.53. The van der Waals surface area contributed by atoms with Gasteiger partial charge in [-0.15, -0.1) is 0 Å². The second kappa shape index (κ2) is 9.54. The molecule has 0 bridgehead atoms. The van der Waals surface area contributed by atoms with Gasteiger partial charge in [0, 0.05) is 0 Å². The molecule has 0 aromatic rings. The number of carbonyl (C=O) groups is 2. The van der Waals surface area contributed by atoms with Crippen molar-refractivity contribution in [3.63, 3.8) is 0 Å². The predicted octanol–water partition coefficient (Wildman–Crippen LogP) is 3.96. The van der Waals surface area contributed by atoms with Crippen LogP contribution in [0.1, 0.15) is 55.4 Å². The van der Waals surface area contributed by atoms with Crippen LogP contribution >= 0.6 is 7.60 Å². The maximum atomic E-state index is 12.9. The van der Waals surface area contributed by atoms with Crippen molar-refractivity contribution in [3.05, 3.63) is 0 Å². The summed E-state index contributed by atoms with van der Waals surface area (Å²) in [7, 11) is -3.62. The summed E-state index contributed by atoms with van der Waals surface area (Å²) >= 11 is 0. The van der Waals surface area contributed by atoms with Crippen molar-refractivity contribution in [1.82, 2.24) is 0 Å². The van der Waals surface area contributed by atoms with Gasteiger partial charge in [-0.05, 0) is 12.3 Å². The molecule has 0 aliphatic rings. The SMILES string of the molecule is CC(OC(=O)C(C)C)OP(=O)(CC(C)(C)C)OCOC(=O)C(C)C. The Morgan fingerprint density at radius 2 is 1.46 bits per heavy atom. The number of hydrogen-bond acceptors (Lipinski definition) is 7. The minimum Gasteiger partial charge on any atom is -0.438 e. The van der Waals surface area contributed by atoms with Gasteiger partial charge in [0.1, 0.15) is 0 Å². The Kier molecular flexibility index (Phi) is 9.18. The van der Waals surface area contributed by atoms with Crippen molar-refractivity contribution < 1.29 is 32.7 Å². The number of rotatable bonds is 9. The first-order valence-corrected chi connectivity index (χ1v) is 9.77. The molecule has 0 aliphatic carbocycles. The van der Waals surface area contributed by atoms with Crippen LogP contribution in [0.25, 0.3) is 0 Å². The van der Waals surface area contributed by atoms with E-state index in [1.807, 2.05) is 20.8 Å². The van der Waals surface area contributed by atoms with Gasteiger partial charge in [0.15, 0.2) is 0 Å². The summed E-state index contributed by atoms with van der Waals surface area (Å²) in [5.74, 6) is -1.57. The van der Waals surface area contributed by atoms with E-state index in [0.29, 0.717) is 0 Å². The third-order valence-corrected chi connectivity index (χ3v) is 5.11. The molecule has 2 atom stereocenters. The van der Waals surface area contributed by atoms with E-state index < -0.39 is 32.6 Å². The number of esters is 2. The molecule has 24 heavy (non-hydrogen) atoms. The largest absolute Gasteiger partial charge is 0.438 e. The average molecular weight is 366 g/mol. The molecule has 0 aliphatic heterocycles. The zero-order valence-corrected chi connectivity index (χ0v) is 16.8. The molecule has 7 nitrogen and oxygen atoms in total. The Hall–Kier alpha value is -0.910. The number of ether oxygens (including phenoxy) is 2. The van der Waals surface area contributed by atoms with Crippen LogP contribution in [0.2, 0.25) is 0 Å². The van der Waals surface area contributed by atoms with Crippen molar-refractivity contribution in [2.45, 2.75) is 61.7 Å². The van der Waals surface area contributed by atoms with Crippen molar-refractivity contribution in [2.24, 2.45) is 17.3 Å². The fraction of sp³-hybridized carbons (Fsp3) is 0.875. The lowest BCUT2D eigenvalue weighted by Crippen LogP contribution is -2.24. The molecule has 0 spiro atoms. The van der Waals surface area contributed by atoms with E-state index in [2.05, 4.69) is 0 Å². The lowest BCUT2D eigenvalue weighted by Gasteiger charge is -2.28. The van der Waals surface area contributed by atoms with Gasteiger partial charge in [-0.1, -0.05) is 48.5 Å². The highest BCUT2D eigenvalue weighted by atomic mass is 31.2. The predicted molar refractivity (Wildman–Crippen MR) is 90.3 cm³/mol. The summed E-state index contributed by atoms with van der Waals surface area (Å²) in [5, 5.41) is 0. The summed E-state index contributed by atoms with van der Waals surface area (Å²) in [4.78, 5) is 23.1. The highest BCUT2D eigenvalue weighted by Gasteiger charge is 2.34. The van der Waals surface area contributed by atoms with Gasteiger partial charge in [0.25, 0.3) is 0 Å². The van der Waals surface area contributed by atoms with Crippen LogP contribution in [0.4, 0.5) is 0 Å². The normalized spacial score (nSPS) is 15.9. The Bertz CT molecular complexity index is 466. The van der Waals surface area contributed by atoms with Crippen LogP contribution < -0.4 is 0 Å². The van der Waals surface area contributed by atoms with E-state index in [-0.39, 0.29) is 23.4 Å². The molecule has 2 unspecified atom stereocenters. The molecule has 0 saturated heterocycles. The molecule has 0 radical (unpaired) electrons. The van der Waals surface area contributed by atoms with Crippen molar-refractivity contribution in [3.8, 4) is 0 Å². The minimum absolute atomic E-state index is 0.0861. The molecule has 8 heteroatoms. The summed E-state index contributed by atoms with van der Waals surface area (Å²) < 4.78 is 33.5. The fourth-order valence-electron chi connectivity index (χ4n) is 1.57. The first-order chi connectivity index (χ1) is 10.8. The topological polar surface area (TPSA) is 88.1 Å². The minimum atomic E-state index is -3.62. The van der Waals surface area contributed by atoms with Gasteiger partial charge in [0.05, 0.1) is 18.0 Å². The zero-order valence-electron chi connectivity index (χ0n) is 16.0. The van der Waals surface area contributed by atoms with Crippen LogP contribution in [0.3, 0.4) is 0 Å². The molecular weight excluding hydrogens is 335 g/mol. The number of hydrogen-bond donors (Lipinski definition) is 0. The Labute approximate surface area is 144 Å². The molecule has 0 amide bonds. The van der Waals surface area contributed by atoms with Gasteiger partial charge in [-0.2, -0.15) is 0 Å². The summed E-state index contributed by atoms with van der Waals surface area (Å²) in [6.45, 7) is 13.3. The Morgan fingerprint density at radius 3 is 1.88 bits per heavy atom. The summed E-state index contributed by atoms with van der Waals surface area (Å²) in [6.07, 6.45) is -0.947. The average Bonchev–Trinajstić information content (AvgIpc) is 2.34. The first kappa shape index (κ1) is 23.1. The standard InChI is InChI=1S/C16H31O7P/c1-11(2)14(17)20-10-21-24(19,9-16(6,7)8)23-13(5)22-15(18)12(3)4/h11-13H,9-10H2,1-8H3. The Balaban J connectivity index is 4.85. The molecule has 0 aromatic heterocycles.